The maximum atomic E-state index is 13.6. The highest BCUT2D eigenvalue weighted by atomic mass is 32.2. The van der Waals surface area contributed by atoms with Crippen LogP contribution in [-0.4, -0.2) is 57.5 Å². The molecule has 0 radical (unpaired) electrons. The normalized spacial score (nSPS) is 20.7. The van der Waals surface area contributed by atoms with Gasteiger partial charge in [0.1, 0.15) is 24.5 Å². The largest absolute Gasteiger partial charge is 0.487 e. The van der Waals surface area contributed by atoms with Crippen molar-refractivity contribution in [1.82, 2.24) is 9.62 Å². The lowest BCUT2D eigenvalue weighted by Gasteiger charge is -2.33. The number of amides is 2. The molecule has 1 saturated heterocycles. The van der Waals surface area contributed by atoms with Crippen LogP contribution in [-0.2, 0) is 32.8 Å². The van der Waals surface area contributed by atoms with E-state index in [1.54, 1.807) is 6.07 Å². The van der Waals surface area contributed by atoms with Gasteiger partial charge >= 0.3 is 16.3 Å². The van der Waals surface area contributed by atoms with E-state index in [2.05, 4.69) is 25.0 Å². The Morgan fingerprint density at radius 2 is 1.72 bits per heavy atom. The van der Waals surface area contributed by atoms with Crippen LogP contribution < -0.4 is 14.4 Å². The van der Waals surface area contributed by atoms with Gasteiger partial charge in [-0.25, -0.2) is 13.4 Å². The van der Waals surface area contributed by atoms with Gasteiger partial charge in [-0.15, -0.1) is 0 Å². The molecule has 4 rings (SSSR count). The third-order valence-electron chi connectivity index (χ3n) is 7.82. The van der Waals surface area contributed by atoms with Gasteiger partial charge in [0.25, 0.3) is 5.91 Å². The first-order valence-electron chi connectivity index (χ1n) is 15.2. The maximum absolute atomic E-state index is 13.6. The van der Waals surface area contributed by atoms with Crippen molar-refractivity contribution in [2.45, 2.75) is 96.8 Å². The number of benzene rings is 2. The summed E-state index contributed by atoms with van der Waals surface area (Å²) in [6.45, 7) is 12.2. The minimum Gasteiger partial charge on any atom is -0.487 e. The zero-order valence-electron chi connectivity index (χ0n) is 26.4. The first-order valence-corrected chi connectivity index (χ1v) is 20.4. The Labute approximate surface area is 258 Å². The second-order valence-electron chi connectivity index (χ2n) is 13.9. The number of nitrogens with zero attached hydrogens (tertiary/aromatic N) is 2. The van der Waals surface area contributed by atoms with E-state index < -0.39 is 35.9 Å². The predicted molar refractivity (Wildman–Crippen MR) is 172 cm³/mol. The average Bonchev–Trinajstić information content (AvgIpc) is 3.13. The lowest BCUT2D eigenvalue weighted by Crippen LogP contribution is -2.45. The molecule has 9 nitrogen and oxygen atoms in total. The van der Waals surface area contributed by atoms with Gasteiger partial charge < -0.3 is 14.8 Å². The smallest absolute Gasteiger partial charge is 0.407 e. The molecule has 2 aliphatic rings. The summed E-state index contributed by atoms with van der Waals surface area (Å²) in [6, 6.07) is 15.9. The van der Waals surface area contributed by atoms with Crippen molar-refractivity contribution in [3.05, 3.63) is 59.7 Å². The summed E-state index contributed by atoms with van der Waals surface area (Å²) in [6.07, 6.45) is 4.24. The van der Waals surface area contributed by atoms with Crippen LogP contribution >= 0.6 is 0 Å². The van der Waals surface area contributed by atoms with Gasteiger partial charge in [-0.1, -0.05) is 68.9 Å². The van der Waals surface area contributed by atoms with Gasteiger partial charge in [-0.05, 0) is 75.3 Å². The van der Waals surface area contributed by atoms with Crippen LogP contribution in [0.15, 0.2) is 48.5 Å². The molecule has 2 amide bonds. The number of rotatable bonds is 10. The fourth-order valence-electron chi connectivity index (χ4n) is 5.56. The summed E-state index contributed by atoms with van der Waals surface area (Å²) in [5, 5.41) is 3.09. The Bertz CT molecular complexity index is 1390. The highest BCUT2D eigenvalue weighted by Gasteiger charge is 2.44. The standard InChI is InChI=1S/C32H47N3O6SSi/c1-32(2,3)41-31(37)33-27-15-11-10-14-26(27)20-25-16-17-28(29(21-25)40-23-24-12-8-7-9-13-24)35-22-30(36)34(42(35,38)39)18-19-43(4,5)6/h7-9,12-13,16-17,21,26-27H,10-11,14-15,18-20,22-23H2,1-6H3,(H,33,37). The van der Waals surface area contributed by atoms with Crippen LogP contribution in [0, 0.1) is 5.92 Å². The van der Waals surface area contributed by atoms with Crippen molar-refractivity contribution in [2.75, 3.05) is 17.4 Å². The number of carbonyl (C=O) groups is 2. The van der Waals surface area contributed by atoms with Crippen molar-refractivity contribution < 1.29 is 27.5 Å². The number of carbonyl (C=O) groups excluding carboxylic acids is 2. The molecule has 2 unspecified atom stereocenters. The van der Waals surface area contributed by atoms with E-state index in [9.17, 15) is 18.0 Å². The van der Waals surface area contributed by atoms with Crippen molar-refractivity contribution in [3.63, 3.8) is 0 Å². The molecular weight excluding hydrogens is 583 g/mol. The van der Waals surface area contributed by atoms with Gasteiger partial charge in [0.15, 0.2) is 0 Å². The summed E-state index contributed by atoms with van der Waals surface area (Å²) >= 11 is 0. The molecule has 0 spiro atoms. The summed E-state index contributed by atoms with van der Waals surface area (Å²) in [7, 11) is -5.61. The molecule has 1 aliphatic carbocycles. The first-order chi connectivity index (χ1) is 20.1. The van der Waals surface area contributed by atoms with Crippen LogP contribution in [0.1, 0.15) is 57.6 Å². The predicted octanol–water partition coefficient (Wildman–Crippen LogP) is 6.12. The molecule has 2 aromatic carbocycles. The molecule has 236 valence electrons. The minimum absolute atomic E-state index is 0.0199. The molecule has 2 aromatic rings. The maximum Gasteiger partial charge on any atom is 0.407 e. The van der Waals surface area contributed by atoms with Crippen LogP contribution in [0.5, 0.6) is 5.75 Å². The number of ether oxygens (including phenoxy) is 2. The average molecular weight is 630 g/mol. The van der Waals surface area contributed by atoms with Crippen LogP contribution in [0.2, 0.25) is 25.7 Å². The van der Waals surface area contributed by atoms with Crippen molar-refractivity contribution in [1.29, 1.82) is 0 Å². The van der Waals surface area contributed by atoms with E-state index in [-0.39, 0.29) is 31.7 Å². The highest BCUT2D eigenvalue weighted by Crippen LogP contribution is 2.37. The number of hydrogen-bond donors (Lipinski definition) is 1. The van der Waals surface area contributed by atoms with E-state index in [1.165, 1.54) is 4.31 Å². The summed E-state index contributed by atoms with van der Waals surface area (Å²) < 4.78 is 41.3. The number of alkyl carbamates (subject to hydrolysis) is 1. The summed E-state index contributed by atoms with van der Waals surface area (Å²) in [4.78, 5) is 25.5. The second kappa shape index (κ2) is 13.3. The third-order valence-corrected chi connectivity index (χ3v) is 11.4. The van der Waals surface area contributed by atoms with E-state index in [0.29, 0.717) is 23.9 Å². The van der Waals surface area contributed by atoms with Crippen molar-refractivity contribution in [3.8, 4) is 5.75 Å². The minimum atomic E-state index is -4.04. The first kappa shape index (κ1) is 32.9. The fraction of sp³-hybridized carbons (Fsp3) is 0.562. The van der Waals surface area contributed by atoms with Crippen LogP contribution in [0.4, 0.5) is 10.5 Å². The van der Waals surface area contributed by atoms with Gasteiger partial charge in [0.2, 0.25) is 0 Å². The molecule has 1 N–H and O–H groups in total. The molecule has 1 heterocycles. The molecule has 1 saturated carbocycles. The zero-order valence-corrected chi connectivity index (χ0v) is 28.2. The van der Waals surface area contributed by atoms with Gasteiger partial charge in [0.05, 0.1) is 5.69 Å². The topological polar surface area (TPSA) is 105 Å². The summed E-state index contributed by atoms with van der Waals surface area (Å²) in [5.41, 5.74) is 1.71. The molecule has 2 atom stereocenters. The van der Waals surface area contributed by atoms with Crippen molar-refractivity contribution >= 4 is 36.0 Å². The SMILES string of the molecule is CC(C)(C)OC(=O)NC1CCCCC1Cc1ccc(N2CC(=O)N(CC[Si](C)(C)C)S2(=O)=O)c(OCc2ccccc2)c1. The Hall–Kier alpha value is -3.05. The van der Waals surface area contributed by atoms with Gasteiger partial charge in [-0.3, -0.25) is 4.79 Å². The lowest BCUT2D eigenvalue weighted by molar-refractivity contribution is -0.123. The quantitative estimate of drug-likeness (QED) is 0.318. The fourth-order valence-corrected chi connectivity index (χ4v) is 8.17. The molecular formula is C32H47N3O6SSi. The molecule has 11 heteroatoms. The monoisotopic (exact) mass is 629 g/mol. The van der Waals surface area contributed by atoms with Crippen LogP contribution in [0.3, 0.4) is 0 Å². The van der Waals surface area contributed by atoms with Crippen molar-refractivity contribution in [2.24, 2.45) is 5.92 Å². The second-order valence-corrected chi connectivity index (χ2v) is 21.3. The number of nitrogens with one attached hydrogen (secondary N) is 1. The van der Waals surface area contributed by atoms with Crippen LogP contribution in [0.25, 0.3) is 0 Å². The molecule has 43 heavy (non-hydrogen) atoms. The Morgan fingerprint density at radius 1 is 1.02 bits per heavy atom. The highest BCUT2D eigenvalue weighted by molar-refractivity contribution is 7.91. The van der Waals surface area contributed by atoms with Gasteiger partial charge in [-0.2, -0.15) is 8.42 Å². The van der Waals surface area contributed by atoms with Gasteiger partial charge in [0, 0.05) is 20.7 Å². The molecule has 0 bridgehead atoms. The Kier molecular flexibility index (Phi) is 10.2. The Balaban J connectivity index is 1.59. The number of anilines is 1. The van der Waals surface area contributed by atoms with E-state index in [1.807, 2.05) is 63.2 Å². The number of hydrogen-bond acceptors (Lipinski definition) is 6. The molecule has 1 aliphatic heterocycles. The molecule has 2 fully saturated rings. The van der Waals surface area contributed by atoms with E-state index in [4.69, 9.17) is 9.47 Å². The third kappa shape index (κ3) is 8.98. The summed E-state index contributed by atoms with van der Waals surface area (Å²) in [5.74, 6) is 0.190. The van der Waals surface area contributed by atoms with E-state index >= 15 is 0 Å². The molecule has 0 aromatic heterocycles. The lowest BCUT2D eigenvalue weighted by atomic mass is 9.80. The zero-order chi connectivity index (χ0) is 31.4. The Morgan fingerprint density at radius 3 is 2.40 bits per heavy atom. The van der Waals surface area contributed by atoms with E-state index in [0.717, 1.165) is 41.1 Å².